The monoisotopic (exact) mass is 786 g/mol. The van der Waals surface area contributed by atoms with Crippen molar-refractivity contribution in [2.24, 2.45) is 0 Å². The third kappa shape index (κ3) is 27.1. The molecule has 1 N–H and O–H groups in total. The number of aromatic nitrogens is 1. The maximum absolute atomic E-state index is 13.4. The van der Waals surface area contributed by atoms with E-state index >= 15 is 0 Å². The van der Waals surface area contributed by atoms with E-state index in [0.717, 1.165) is 40.4 Å². The number of rotatable bonds is 39. The van der Waals surface area contributed by atoms with Gasteiger partial charge in [0, 0.05) is 37.9 Å². The first kappa shape index (κ1) is 48.5. The second kappa shape index (κ2) is 35.8. The minimum absolute atomic E-state index is 0.00310. The lowest BCUT2D eigenvalue weighted by atomic mass is 10.0. The van der Waals surface area contributed by atoms with Gasteiger partial charge in [-0.05, 0) is 25.0 Å². The molecule has 0 bridgehead atoms. The Labute approximate surface area is 341 Å². The van der Waals surface area contributed by atoms with Crippen LogP contribution in [0.4, 0.5) is 0 Å². The van der Waals surface area contributed by atoms with E-state index in [2.05, 4.69) is 25.2 Å². The summed E-state index contributed by atoms with van der Waals surface area (Å²) in [4.78, 5) is 30.8. The van der Waals surface area contributed by atoms with E-state index in [9.17, 15) is 9.59 Å². The van der Waals surface area contributed by atoms with Gasteiger partial charge in [0.25, 0.3) is 0 Å². The smallest absolute Gasteiger partial charge is 0.233 e. The summed E-state index contributed by atoms with van der Waals surface area (Å²) in [6.07, 6.45) is 43.4. The molecule has 0 radical (unpaired) electrons. The van der Waals surface area contributed by atoms with Crippen LogP contribution >= 0.6 is 23.3 Å². The number of nitrogens with one attached hydrogen (secondary N) is 1. The largest absolute Gasteiger partial charge is 0.356 e. The first-order valence-electron chi connectivity index (χ1n) is 23.2. The Morgan fingerprint density at radius 3 is 1.41 bits per heavy atom. The second-order valence-electron chi connectivity index (χ2n) is 16.0. The molecule has 54 heavy (non-hydrogen) atoms. The van der Waals surface area contributed by atoms with Gasteiger partial charge >= 0.3 is 0 Å². The summed E-state index contributed by atoms with van der Waals surface area (Å²) < 4.78 is 3.92. The summed E-state index contributed by atoms with van der Waals surface area (Å²) in [5.41, 5.74) is 0.980. The van der Waals surface area contributed by atoms with E-state index in [-0.39, 0.29) is 24.7 Å². The summed E-state index contributed by atoms with van der Waals surface area (Å²) in [6.45, 7) is 6.00. The lowest BCUT2D eigenvalue weighted by Crippen LogP contribution is -2.29. The van der Waals surface area contributed by atoms with Crippen molar-refractivity contribution in [2.75, 3.05) is 13.1 Å². The molecule has 2 rings (SSSR count). The van der Waals surface area contributed by atoms with Gasteiger partial charge in [-0.3, -0.25) is 13.9 Å². The normalized spacial score (nSPS) is 11.4. The van der Waals surface area contributed by atoms with Crippen molar-refractivity contribution >= 4 is 45.3 Å². The van der Waals surface area contributed by atoms with Crippen LogP contribution in [0.5, 0.6) is 0 Å². The number of fused-ring (bicyclic) bond motifs is 1. The van der Waals surface area contributed by atoms with Crippen LogP contribution < -0.4 is 5.32 Å². The van der Waals surface area contributed by atoms with Crippen molar-refractivity contribution in [3.05, 3.63) is 24.3 Å². The number of amides is 2. The molecule has 1 aromatic carbocycles. The summed E-state index contributed by atoms with van der Waals surface area (Å²) in [6, 6.07) is 8.16. The molecule has 0 atom stereocenters. The zero-order chi connectivity index (χ0) is 38.6. The van der Waals surface area contributed by atoms with Crippen molar-refractivity contribution in [3.63, 3.8) is 0 Å². The van der Waals surface area contributed by atoms with Crippen molar-refractivity contribution in [2.45, 2.75) is 236 Å². The topological polar surface area (TPSA) is 62.3 Å². The molecule has 0 aliphatic carbocycles. The third-order valence-corrected chi connectivity index (χ3v) is 13.0. The highest BCUT2D eigenvalue weighted by Crippen LogP contribution is 2.32. The van der Waals surface area contributed by atoms with Crippen LogP contribution in [0.15, 0.2) is 28.6 Å². The summed E-state index contributed by atoms with van der Waals surface area (Å²) in [5.74, 6) is 0.0365. The fraction of sp³-hybridized carbons (Fsp3) is 0.809. The average Bonchev–Trinajstić information content (AvgIpc) is 3.60. The van der Waals surface area contributed by atoms with Gasteiger partial charge in [-0.25, -0.2) is 4.98 Å². The molecule has 1 heterocycles. The van der Waals surface area contributed by atoms with Crippen molar-refractivity contribution in [3.8, 4) is 0 Å². The Kier molecular flexibility index (Phi) is 32.2. The standard InChI is InChI=1S/C47H83N3O2S2/c1-3-5-7-9-11-13-15-17-19-21-23-25-27-29-31-35-41-48-45(51)39-40-46(52)50(54-47-49-43-37-33-34-38-44(43)53-47)42-36-32-30-28-26-24-22-20-18-16-14-12-10-8-6-4-2/h33-34,37-38H,3-32,35-36,39-42H2,1-2H3,(H,48,51). The molecule has 7 heteroatoms. The highest BCUT2D eigenvalue weighted by molar-refractivity contribution is 7.99. The maximum Gasteiger partial charge on any atom is 0.233 e. The number of unbranched alkanes of at least 4 members (excludes halogenated alkanes) is 30. The Balaban J connectivity index is 1.53. The second-order valence-corrected chi connectivity index (χ2v) is 18.3. The van der Waals surface area contributed by atoms with Crippen LogP contribution in [0.3, 0.4) is 0 Å². The molecular formula is C47H83N3O2S2. The lowest BCUT2D eigenvalue weighted by Gasteiger charge is -2.20. The molecule has 0 fully saturated rings. The zero-order valence-corrected chi connectivity index (χ0v) is 36.9. The number of carbonyl (C=O) groups excluding carboxylic acids is 2. The fourth-order valence-corrected chi connectivity index (χ4v) is 9.47. The molecule has 5 nitrogen and oxygen atoms in total. The van der Waals surface area contributed by atoms with E-state index in [1.165, 1.54) is 198 Å². The Morgan fingerprint density at radius 2 is 0.963 bits per heavy atom. The van der Waals surface area contributed by atoms with E-state index in [1.807, 2.05) is 22.5 Å². The molecule has 0 aliphatic rings. The van der Waals surface area contributed by atoms with Crippen LogP contribution in [-0.2, 0) is 9.59 Å². The van der Waals surface area contributed by atoms with Gasteiger partial charge in [-0.1, -0.05) is 219 Å². The third-order valence-electron chi connectivity index (χ3n) is 10.9. The molecule has 2 aromatic rings. The summed E-state index contributed by atoms with van der Waals surface area (Å²) in [7, 11) is 0. The molecular weight excluding hydrogens is 703 g/mol. The highest BCUT2D eigenvalue weighted by atomic mass is 32.2. The first-order chi connectivity index (χ1) is 26.6. The zero-order valence-electron chi connectivity index (χ0n) is 35.3. The summed E-state index contributed by atoms with van der Waals surface area (Å²) >= 11 is 3.10. The number of hydrogen-bond donors (Lipinski definition) is 1. The number of benzene rings is 1. The quantitative estimate of drug-likeness (QED) is 0.0542. The van der Waals surface area contributed by atoms with Crippen LogP contribution in [0.1, 0.15) is 232 Å². The molecule has 0 saturated carbocycles. The molecule has 0 spiro atoms. The van der Waals surface area contributed by atoms with Crippen molar-refractivity contribution in [1.82, 2.24) is 14.6 Å². The van der Waals surface area contributed by atoms with Crippen LogP contribution in [0, 0.1) is 0 Å². The first-order valence-corrected chi connectivity index (χ1v) is 24.8. The van der Waals surface area contributed by atoms with Gasteiger partial charge in [-0.15, -0.1) is 11.3 Å². The number of para-hydroxylation sites is 1. The van der Waals surface area contributed by atoms with Gasteiger partial charge < -0.3 is 5.32 Å². The number of thiazole rings is 1. The van der Waals surface area contributed by atoms with Gasteiger partial charge in [0.05, 0.1) is 10.2 Å². The molecule has 0 saturated heterocycles. The van der Waals surface area contributed by atoms with Crippen molar-refractivity contribution in [1.29, 1.82) is 0 Å². The van der Waals surface area contributed by atoms with E-state index in [0.29, 0.717) is 6.54 Å². The van der Waals surface area contributed by atoms with Crippen molar-refractivity contribution < 1.29 is 9.59 Å². The van der Waals surface area contributed by atoms with Gasteiger partial charge in [0.1, 0.15) is 0 Å². The van der Waals surface area contributed by atoms with E-state index < -0.39 is 0 Å². The Bertz CT molecular complexity index is 1120. The molecule has 2 amide bonds. The predicted octanol–water partition coefficient (Wildman–Crippen LogP) is 15.6. The SMILES string of the molecule is CCCCCCCCCCCCCCCCCCNC(=O)CCC(=O)N(CCCCCCCCCCCCCCCCCC)Sc1nc2ccccc2s1. The van der Waals surface area contributed by atoms with Crippen LogP contribution in [0.2, 0.25) is 0 Å². The molecule has 1 aromatic heterocycles. The van der Waals surface area contributed by atoms with Gasteiger partial charge in [0.2, 0.25) is 11.8 Å². The lowest BCUT2D eigenvalue weighted by molar-refractivity contribution is -0.129. The Hall–Kier alpha value is -1.60. The summed E-state index contributed by atoms with van der Waals surface area (Å²) in [5, 5.41) is 3.07. The van der Waals surface area contributed by atoms with E-state index in [4.69, 9.17) is 4.98 Å². The van der Waals surface area contributed by atoms with Crippen LogP contribution in [-0.4, -0.2) is 34.2 Å². The average molecular weight is 786 g/mol. The number of nitrogens with zero attached hydrogens (tertiary/aromatic N) is 2. The fourth-order valence-electron chi connectivity index (χ4n) is 7.34. The number of carbonyl (C=O) groups is 2. The minimum atomic E-state index is -0.00310. The Morgan fingerprint density at radius 1 is 0.556 bits per heavy atom. The minimum Gasteiger partial charge on any atom is -0.356 e. The predicted molar refractivity (Wildman–Crippen MR) is 239 cm³/mol. The van der Waals surface area contributed by atoms with Gasteiger partial charge in [0.15, 0.2) is 4.34 Å². The van der Waals surface area contributed by atoms with Crippen LogP contribution in [0.25, 0.3) is 10.2 Å². The van der Waals surface area contributed by atoms with Gasteiger partial charge in [-0.2, -0.15) is 0 Å². The highest BCUT2D eigenvalue weighted by Gasteiger charge is 2.18. The molecule has 310 valence electrons. The number of hydrogen-bond acceptors (Lipinski definition) is 5. The molecule has 0 aliphatic heterocycles. The molecule has 0 unspecified atom stereocenters. The maximum atomic E-state index is 13.4. The van der Waals surface area contributed by atoms with E-state index in [1.54, 1.807) is 11.3 Å².